The SMILES string of the molecule is C=C[C@@H]1C[C@]1(NC(=O)[C@@H]1CN(c2ccc(OC)cc2)CN1C(=O)[C@@H](NC(=O)OC1CCCC1)C(C)(C)C)C(=O)NS(=O)(=O)C1CC1. The Kier molecular flexibility index (Phi) is 9.31. The first-order valence-electron chi connectivity index (χ1n) is 15.9. The largest absolute Gasteiger partial charge is 0.497 e. The van der Waals surface area contributed by atoms with E-state index in [0.717, 1.165) is 31.4 Å². The van der Waals surface area contributed by atoms with E-state index in [0.29, 0.717) is 18.6 Å². The highest BCUT2D eigenvalue weighted by Gasteiger charge is 2.62. The number of alkyl carbamates (subject to hydrolysis) is 1. The smallest absolute Gasteiger partial charge is 0.408 e. The summed E-state index contributed by atoms with van der Waals surface area (Å²) >= 11 is 0. The van der Waals surface area contributed by atoms with Gasteiger partial charge in [-0.05, 0) is 74.6 Å². The zero-order valence-corrected chi connectivity index (χ0v) is 27.7. The van der Waals surface area contributed by atoms with Crippen LogP contribution in [0.4, 0.5) is 10.5 Å². The summed E-state index contributed by atoms with van der Waals surface area (Å²) in [5.74, 6) is -1.76. The molecule has 1 aromatic rings. The molecule has 1 aliphatic heterocycles. The van der Waals surface area contributed by atoms with Gasteiger partial charge in [0.1, 0.15) is 29.5 Å². The Bertz CT molecular complexity index is 1470. The summed E-state index contributed by atoms with van der Waals surface area (Å²) in [4.78, 5) is 57.9. The number of carbonyl (C=O) groups is 4. The van der Waals surface area contributed by atoms with Gasteiger partial charge < -0.3 is 29.9 Å². The average molecular weight is 660 g/mol. The minimum absolute atomic E-state index is 0.0231. The molecule has 5 rings (SSSR count). The number of amides is 4. The average Bonchev–Trinajstić information content (AvgIpc) is 3.88. The Morgan fingerprint density at radius 1 is 1.07 bits per heavy atom. The number of ether oxygens (including phenoxy) is 2. The first-order valence-corrected chi connectivity index (χ1v) is 17.4. The maximum Gasteiger partial charge on any atom is 0.408 e. The lowest BCUT2D eigenvalue weighted by Crippen LogP contribution is -2.60. The second kappa shape index (κ2) is 12.8. The highest BCUT2D eigenvalue weighted by molar-refractivity contribution is 7.91. The third kappa shape index (κ3) is 7.11. The Morgan fingerprint density at radius 2 is 1.72 bits per heavy atom. The molecule has 0 bridgehead atoms. The summed E-state index contributed by atoms with van der Waals surface area (Å²) < 4.78 is 38.2. The summed E-state index contributed by atoms with van der Waals surface area (Å²) in [6.07, 6.45) is 5.26. The van der Waals surface area contributed by atoms with Crippen LogP contribution in [0, 0.1) is 11.3 Å². The number of benzene rings is 1. The molecule has 14 heteroatoms. The molecule has 1 saturated heterocycles. The molecule has 4 atom stereocenters. The molecule has 0 radical (unpaired) electrons. The molecule has 3 N–H and O–H groups in total. The zero-order valence-electron chi connectivity index (χ0n) is 26.9. The maximum atomic E-state index is 14.3. The monoisotopic (exact) mass is 659 g/mol. The normalized spacial score (nSPS) is 25.4. The van der Waals surface area contributed by atoms with Gasteiger partial charge in [-0.1, -0.05) is 26.8 Å². The molecule has 0 aromatic heterocycles. The number of carbonyl (C=O) groups excluding carboxylic acids is 4. The molecule has 4 fully saturated rings. The van der Waals surface area contributed by atoms with Crippen molar-refractivity contribution < 1.29 is 37.1 Å². The van der Waals surface area contributed by atoms with Crippen LogP contribution in [0.3, 0.4) is 0 Å². The third-order valence-electron chi connectivity index (χ3n) is 9.32. The van der Waals surface area contributed by atoms with Crippen molar-refractivity contribution in [1.29, 1.82) is 0 Å². The van der Waals surface area contributed by atoms with Crippen LogP contribution in [-0.4, -0.2) is 86.4 Å². The molecule has 1 aromatic carbocycles. The lowest BCUT2D eigenvalue weighted by molar-refractivity contribution is -0.142. The van der Waals surface area contributed by atoms with Crippen molar-refractivity contribution in [2.24, 2.45) is 11.3 Å². The number of methoxy groups -OCH3 is 1. The van der Waals surface area contributed by atoms with Crippen molar-refractivity contribution in [3.8, 4) is 5.75 Å². The van der Waals surface area contributed by atoms with E-state index in [2.05, 4.69) is 21.9 Å². The summed E-state index contributed by atoms with van der Waals surface area (Å²) in [7, 11) is -2.30. The lowest BCUT2D eigenvalue weighted by Gasteiger charge is -2.35. The van der Waals surface area contributed by atoms with Crippen molar-refractivity contribution >= 4 is 39.5 Å². The highest BCUT2D eigenvalue weighted by Crippen LogP contribution is 2.45. The van der Waals surface area contributed by atoms with Gasteiger partial charge in [0.05, 0.1) is 19.0 Å². The Labute approximate surface area is 270 Å². The molecule has 3 saturated carbocycles. The van der Waals surface area contributed by atoms with E-state index in [-0.39, 0.29) is 25.7 Å². The summed E-state index contributed by atoms with van der Waals surface area (Å²) in [5, 5.41) is 4.94. The van der Waals surface area contributed by atoms with Gasteiger partial charge in [0.15, 0.2) is 0 Å². The van der Waals surface area contributed by atoms with Gasteiger partial charge in [0, 0.05) is 18.2 Å². The van der Waals surface area contributed by atoms with E-state index in [1.54, 1.807) is 19.2 Å². The quantitative estimate of drug-likeness (QED) is 0.303. The van der Waals surface area contributed by atoms with Gasteiger partial charge in [-0.25, -0.2) is 13.2 Å². The molecule has 4 aliphatic rings. The van der Waals surface area contributed by atoms with E-state index in [1.807, 2.05) is 37.8 Å². The van der Waals surface area contributed by atoms with E-state index in [1.165, 1.54) is 11.0 Å². The fraction of sp³-hybridized carbons (Fsp3) is 0.625. The van der Waals surface area contributed by atoms with Crippen LogP contribution < -0.4 is 25.0 Å². The predicted molar refractivity (Wildman–Crippen MR) is 170 cm³/mol. The number of nitrogens with one attached hydrogen (secondary N) is 3. The minimum atomic E-state index is -3.86. The second-order valence-electron chi connectivity index (χ2n) is 13.8. The highest BCUT2D eigenvalue weighted by atomic mass is 32.2. The molecule has 3 aliphatic carbocycles. The number of anilines is 1. The predicted octanol–water partition coefficient (Wildman–Crippen LogP) is 2.42. The molecule has 4 amide bonds. The van der Waals surface area contributed by atoms with Crippen molar-refractivity contribution in [2.45, 2.75) is 94.7 Å². The van der Waals surface area contributed by atoms with Gasteiger partial charge in [0.2, 0.25) is 21.8 Å². The maximum absolute atomic E-state index is 14.3. The number of hydrogen-bond acceptors (Lipinski definition) is 9. The van der Waals surface area contributed by atoms with Gasteiger partial charge in [-0.3, -0.25) is 19.1 Å². The number of hydrogen-bond donors (Lipinski definition) is 3. The van der Waals surface area contributed by atoms with Crippen LogP contribution in [0.2, 0.25) is 0 Å². The first kappa shape index (κ1) is 33.6. The van der Waals surface area contributed by atoms with Crippen LogP contribution >= 0.6 is 0 Å². The molecular formula is C32H45N5O8S. The molecule has 13 nitrogen and oxygen atoms in total. The fourth-order valence-corrected chi connectivity index (χ4v) is 7.58. The van der Waals surface area contributed by atoms with E-state index < -0.39 is 68.0 Å². The lowest BCUT2D eigenvalue weighted by atomic mass is 9.85. The van der Waals surface area contributed by atoms with Gasteiger partial charge in [-0.2, -0.15) is 0 Å². The Balaban J connectivity index is 1.39. The molecule has 0 spiro atoms. The molecule has 0 unspecified atom stereocenters. The fourth-order valence-electron chi connectivity index (χ4n) is 6.22. The standard InChI is InChI=1S/C32H45N5O8S/c1-6-20-17-32(20,29(40)35-46(42,43)24-15-16-24)34-27(38)25-18-36(21-11-13-22(44-5)14-12-21)19-37(25)28(39)26(31(2,3)4)33-30(41)45-23-9-7-8-10-23/h6,11-14,20,23-26H,1,7-10,15-19H2,2-5H3,(H,33,41)(H,34,38)(H,35,40)/t20-,25+,26-,32-/m1/s1. The van der Waals surface area contributed by atoms with Gasteiger partial charge >= 0.3 is 6.09 Å². The van der Waals surface area contributed by atoms with Crippen molar-refractivity contribution in [3.63, 3.8) is 0 Å². The van der Waals surface area contributed by atoms with Crippen LogP contribution in [-0.2, 0) is 29.1 Å². The second-order valence-corrected chi connectivity index (χ2v) is 15.8. The van der Waals surface area contributed by atoms with Crippen LogP contribution in [0.25, 0.3) is 0 Å². The number of nitrogens with zero attached hydrogens (tertiary/aromatic N) is 2. The Morgan fingerprint density at radius 3 is 2.26 bits per heavy atom. The number of sulfonamides is 1. The van der Waals surface area contributed by atoms with Crippen molar-refractivity contribution in [1.82, 2.24) is 20.3 Å². The third-order valence-corrected chi connectivity index (χ3v) is 11.1. The van der Waals surface area contributed by atoms with E-state index >= 15 is 0 Å². The molecule has 46 heavy (non-hydrogen) atoms. The van der Waals surface area contributed by atoms with Crippen LogP contribution in [0.15, 0.2) is 36.9 Å². The topological polar surface area (TPSA) is 163 Å². The molecular weight excluding hydrogens is 614 g/mol. The van der Waals surface area contributed by atoms with Crippen molar-refractivity contribution in [3.05, 3.63) is 36.9 Å². The number of rotatable bonds is 11. The summed E-state index contributed by atoms with van der Waals surface area (Å²) in [6.45, 7) is 9.31. The van der Waals surface area contributed by atoms with E-state index in [4.69, 9.17) is 9.47 Å². The van der Waals surface area contributed by atoms with Crippen LogP contribution in [0.1, 0.15) is 65.7 Å². The summed E-state index contributed by atoms with van der Waals surface area (Å²) in [6, 6.07) is 5.06. The van der Waals surface area contributed by atoms with Gasteiger partial charge in [0.25, 0.3) is 5.91 Å². The molecule has 252 valence electrons. The first-order chi connectivity index (χ1) is 21.7. The van der Waals surface area contributed by atoms with Crippen LogP contribution in [0.5, 0.6) is 5.75 Å². The van der Waals surface area contributed by atoms with E-state index in [9.17, 15) is 27.6 Å². The Hall–Kier alpha value is -3.81. The minimum Gasteiger partial charge on any atom is -0.497 e. The summed E-state index contributed by atoms with van der Waals surface area (Å²) in [5.41, 5.74) is -1.52. The molecule has 1 heterocycles. The van der Waals surface area contributed by atoms with Gasteiger partial charge in [-0.15, -0.1) is 6.58 Å². The van der Waals surface area contributed by atoms with Crippen molar-refractivity contribution in [2.75, 3.05) is 25.2 Å². The zero-order chi connectivity index (χ0) is 33.4.